The standard InChI is InChI=1S/C29H35N3O5S/c1-4-5-19-30-29(34)23(2)31(21-24-13-8-6-9-14-24)28(33)22-32(25-15-12-16-26(20-25)37-3)38(35,36)27-17-10-7-11-18-27/h6-18,20,23H,4-5,19,21-22H2,1-3H3,(H,30,34)/t23-/m1/s1. The van der Waals surface area contributed by atoms with E-state index in [-0.39, 0.29) is 23.0 Å². The van der Waals surface area contributed by atoms with Crippen molar-refractivity contribution >= 4 is 27.5 Å². The number of hydrogen-bond acceptors (Lipinski definition) is 5. The lowest BCUT2D eigenvalue weighted by Crippen LogP contribution is -2.51. The molecular formula is C29H35N3O5S. The molecule has 0 radical (unpaired) electrons. The smallest absolute Gasteiger partial charge is 0.264 e. The van der Waals surface area contributed by atoms with Gasteiger partial charge in [0.25, 0.3) is 10.0 Å². The number of rotatable bonds is 13. The third kappa shape index (κ3) is 7.35. The van der Waals surface area contributed by atoms with Gasteiger partial charge >= 0.3 is 0 Å². The molecule has 0 heterocycles. The van der Waals surface area contributed by atoms with E-state index in [0.717, 1.165) is 22.7 Å². The van der Waals surface area contributed by atoms with Crippen LogP contribution in [0.25, 0.3) is 0 Å². The average molecular weight is 538 g/mol. The Bertz CT molecular complexity index is 1300. The van der Waals surface area contributed by atoms with Gasteiger partial charge < -0.3 is 15.0 Å². The second kappa shape index (κ2) is 13.6. The Balaban J connectivity index is 1.99. The number of sulfonamides is 1. The number of ether oxygens (including phenoxy) is 1. The minimum atomic E-state index is -4.11. The lowest BCUT2D eigenvalue weighted by atomic mass is 10.1. The van der Waals surface area contributed by atoms with Crippen LogP contribution >= 0.6 is 0 Å². The SMILES string of the molecule is CCCCNC(=O)[C@@H](C)N(Cc1ccccc1)C(=O)CN(c1cccc(OC)c1)S(=O)(=O)c1ccccc1. The molecule has 2 amide bonds. The number of unbranched alkanes of at least 4 members (excludes halogenated alkanes) is 1. The van der Waals surface area contributed by atoms with Gasteiger partial charge in [-0.15, -0.1) is 0 Å². The summed E-state index contributed by atoms with van der Waals surface area (Å²) in [5, 5.41) is 2.88. The molecule has 0 aliphatic heterocycles. The van der Waals surface area contributed by atoms with E-state index in [1.54, 1.807) is 49.4 Å². The van der Waals surface area contributed by atoms with Gasteiger partial charge in [0.2, 0.25) is 11.8 Å². The van der Waals surface area contributed by atoms with Crippen molar-refractivity contribution in [3.05, 3.63) is 90.5 Å². The van der Waals surface area contributed by atoms with Gasteiger partial charge in [0.05, 0.1) is 17.7 Å². The van der Waals surface area contributed by atoms with Crippen LogP contribution in [0.4, 0.5) is 5.69 Å². The van der Waals surface area contributed by atoms with Crippen molar-refractivity contribution in [1.82, 2.24) is 10.2 Å². The van der Waals surface area contributed by atoms with Crippen molar-refractivity contribution in [2.75, 3.05) is 24.5 Å². The number of methoxy groups -OCH3 is 1. The molecule has 8 nitrogen and oxygen atoms in total. The van der Waals surface area contributed by atoms with E-state index >= 15 is 0 Å². The predicted octanol–water partition coefficient (Wildman–Crippen LogP) is 4.22. The first-order chi connectivity index (χ1) is 18.3. The van der Waals surface area contributed by atoms with E-state index in [1.165, 1.54) is 24.1 Å². The maximum atomic E-state index is 13.8. The first-order valence-electron chi connectivity index (χ1n) is 12.6. The molecule has 0 aliphatic carbocycles. The summed E-state index contributed by atoms with van der Waals surface area (Å²) in [4.78, 5) is 28.3. The van der Waals surface area contributed by atoms with Gasteiger partial charge in [0.15, 0.2) is 0 Å². The highest BCUT2D eigenvalue weighted by molar-refractivity contribution is 7.92. The quantitative estimate of drug-likeness (QED) is 0.329. The largest absolute Gasteiger partial charge is 0.497 e. The third-order valence-corrected chi connectivity index (χ3v) is 7.93. The van der Waals surface area contributed by atoms with E-state index in [4.69, 9.17) is 4.74 Å². The van der Waals surface area contributed by atoms with Gasteiger partial charge in [-0.2, -0.15) is 0 Å². The summed E-state index contributed by atoms with van der Waals surface area (Å²) in [6.45, 7) is 3.85. The van der Waals surface area contributed by atoms with E-state index in [1.807, 2.05) is 37.3 Å². The van der Waals surface area contributed by atoms with Gasteiger partial charge in [-0.3, -0.25) is 13.9 Å². The van der Waals surface area contributed by atoms with Crippen molar-refractivity contribution in [3.8, 4) is 5.75 Å². The molecule has 1 N–H and O–H groups in total. The number of nitrogens with zero attached hydrogens (tertiary/aromatic N) is 2. The van der Waals surface area contributed by atoms with E-state index in [9.17, 15) is 18.0 Å². The molecule has 9 heteroatoms. The molecule has 38 heavy (non-hydrogen) atoms. The van der Waals surface area contributed by atoms with Crippen LogP contribution < -0.4 is 14.4 Å². The number of carbonyl (C=O) groups is 2. The zero-order valence-electron chi connectivity index (χ0n) is 22.0. The Labute approximate surface area is 225 Å². The summed E-state index contributed by atoms with van der Waals surface area (Å²) >= 11 is 0. The van der Waals surface area contributed by atoms with Crippen molar-refractivity contribution in [2.45, 2.75) is 44.2 Å². The molecule has 0 saturated heterocycles. The molecule has 3 aromatic carbocycles. The zero-order chi connectivity index (χ0) is 27.5. The summed E-state index contributed by atoms with van der Waals surface area (Å²) in [5.74, 6) is -0.344. The van der Waals surface area contributed by atoms with Crippen LogP contribution in [0.2, 0.25) is 0 Å². The van der Waals surface area contributed by atoms with Crippen LogP contribution in [-0.2, 0) is 26.2 Å². The number of benzene rings is 3. The fourth-order valence-electron chi connectivity index (χ4n) is 3.91. The third-order valence-electron chi connectivity index (χ3n) is 6.14. The molecule has 0 aliphatic rings. The average Bonchev–Trinajstić information content (AvgIpc) is 2.95. The molecule has 0 fully saturated rings. The lowest BCUT2D eigenvalue weighted by Gasteiger charge is -2.32. The molecule has 0 bridgehead atoms. The Kier molecular flexibility index (Phi) is 10.3. The van der Waals surface area contributed by atoms with Crippen molar-refractivity contribution < 1.29 is 22.7 Å². The van der Waals surface area contributed by atoms with Gasteiger partial charge in [0, 0.05) is 19.2 Å². The molecule has 3 rings (SSSR count). The highest BCUT2D eigenvalue weighted by Gasteiger charge is 2.32. The van der Waals surface area contributed by atoms with Crippen molar-refractivity contribution in [3.63, 3.8) is 0 Å². The van der Waals surface area contributed by atoms with Crippen LogP contribution in [0.1, 0.15) is 32.3 Å². The summed E-state index contributed by atoms with van der Waals surface area (Å²) in [6, 6.07) is 23.0. The van der Waals surface area contributed by atoms with Crippen LogP contribution in [0.5, 0.6) is 5.75 Å². The molecule has 0 spiro atoms. The first-order valence-corrected chi connectivity index (χ1v) is 14.0. The van der Waals surface area contributed by atoms with E-state index in [2.05, 4.69) is 5.32 Å². The van der Waals surface area contributed by atoms with Crippen molar-refractivity contribution in [1.29, 1.82) is 0 Å². The Hall–Kier alpha value is -3.85. The number of nitrogens with one attached hydrogen (secondary N) is 1. The lowest BCUT2D eigenvalue weighted by molar-refractivity contribution is -0.139. The maximum absolute atomic E-state index is 13.8. The van der Waals surface area contributed by atoms with Crippen molar-refractivity contribution in [2.24, 2.45) is 0 Å². The fraction of sp³-hybridized carbons (Fsp3) is 0.310. The first kappa shape index (κ1) is 28.7. The molecule has 0 saturated carbocycles. The minimum Gasteiger partial charge on any atom is -0.497 e. The molecule has 1 atom stereocenters. The van der Waals surface area contributed by atoms with Crippen LogP contribution in [0.15, 0.2) is 89.8 Å². The predicted molar refractivity (Wildman–Crippen MR) is 148 cm³/mol. The normalized spacial score (nSPS) is 11.9. The van der Waals surface area contributed by atoms with Gasteiger partial charge in [0.1, 0.15) is 18.3 Å². The molecule has 3 aromatic rings. The molecule has 0 unspecified atom stereocenters. The summed E-state index contributed by atoms with van der Waals surface area (Å²) in [5.41, 5.74) is 1.11. The fourth-order valence-corrected chi connectivity index (χ4v) is 5.34. The van der Waals surface area contributed by atoms with Crippen LogP contribution in [-0.4, -0.2) is 51.4 Å². The van der Waals surface area contributed by atoms with Gasteiger partial charge in [-0.05, 0) is 43.2 Å². The summed E-state index contributed by atoms with van der Waals surface area (Å²) in [7, 11) is -2.63. The number of carbonyl (C=O) groups excluding carboxylic acids is 2. The Morgan fingerprint density at radius 2 is 1.61 bits per heavy atom. The summed E-state index contributed by atoms with van der Waals surface area (Å²) in [6.07, 6.45) is 1.75. The Morgan fingerprint density at radius 1 is 0.947 bits per heavy atom. The second-order valence-corrected chi connectivity index (χ2v) is 10.7. The second-order valence-electron chi connectivity index (χ2n) is 8.85. The molecule has 202 valence electrons. The molecular weight excluding hydrogens is 502 g/mol. The number of anilines is 1. The highest BCUT2D eigenvalue weighted by Crippen LogP contribution is 2.27. The minimum absolute atomic E-state index is 0.0515. The Morgan fingerprint density at radius 3 is 2.24 bits per heavy atom. The van der Waals surface area contributed by atoms with E-state index in [0.29, 0.717) is 12.3 Å². The van der Waals surface area contributed by atoms with Crippen LogP contribution in [0, 0.1) is 0 Å². The zero-order valence-corrected chi connectivity index (χ0v) is 22.9. The number of hydrogen-bond donors (Lipinski definition) is 1. The molecule has 0 aromatic heterocycles. The topological polar surface area (TPSA) is 96.0 Å². The monoisotopic (exact) mass is 537 g/mol. The maximum Gasteiger partial charge on any atom is 0.264 e. The number of amides is 2. The highest BCUT2D eigenvalue weighted by atomic mass is 32.2. The van der Waals surface area contributed by atoms with E-state index < -0.39 is 28.5 Å². The van der Waals surface area contributed by atoms with Gasteiger partial charge in [-0.1, -0.05) is 67.9 Å². The van der Waals surface area contributed by atoms with Crippen LogP contribution in [0.3, 0.4) is 0 Å². The van der Waals surface area contributed by atoms with Gasteiger partial charge in [-0.25, -0.2) is 8.42 Å². The summed E-state index contributed by atoms with van der Waals surface area (Å²) < 4.78 is 33.9.